The summed E-state index contributed by atoms with van der Waals surface area (Å²) in [5.41, 5.74) is 4.69. The fraction of sp³-hybridized carbons (Fsp3) is 0.320. The predicted molar refractivity (Wildman–Crippen MR) is 121 cm³/mol. The second kappa shape index (κ2) is 7.60. The molecule has 4 aromatic rings. The lowest BCUT2D eigenvalue weighted by molar-refractivity contribution is 0.241. The zero-order chi connectivity index (χ0) is 21.7. The highest BCUT2D eigenvalue weighted by atomic mass is 16.3. The zero-order valence-electron chi connectivity index (χ0n) is 18.0. The van der Waals surface area contributed by atoms with Crippen molar-refractivity contribution in [1.82, 2.24) is 24.6 Å². The van der Waals surface area contributed by atoms with E-state index in [1.165, 1.54) is 0 Å². The number of hydrogen-bond acceptors (Lipinski definition) is 5. The van der Waals surface area contributed by atoms with Crippen molar-refractivity contribution in [2.24, 2.45) is 0 Å². The number of aryl methyl sites for hydroxylation is 1. The lowest BCUT2D eigenvalue weighted by atomic mass is 10.1. The Hall–Kier alpha value is -3.45. The maximum Gasteiger partial charge on any atom is 0.255 e. The highest BCUT2D eigenvalue weighted by Crippen LogP contribution is 2.38. The first-order chi connectivity index (χ1) is 15.6. The van der Waals surface area contributed by atoms with E-state index in [9.17, 15) is 4.79 Å². The van der Waals surface area contributed by atoms with Crippen LogP contribution in [-0.2, 0) is 19.5 Å². The van der Waals surface area contributed by atoms with Gasteiger partial charge in [0.05, 0.1) is 16.9 Å². The molecule has 0 atom stereocenters. The molecule has 0 unspecified atom stereocenters. The molecule has 1 saturated carbocycles. The number of para-hydroxylation sites is 1. The van der Waals surface area contributed by atoms with Gasteiger partial charge in [0, 0.05) is 43.7 Å². The Balaban J connectivity index is 1.31. The smallest absolute Gasteiger partial charge is 0.255 e. The van der Waals surface area contributed by atoms with Crippen LogP contribution in [0.5, 0.6) is 0 Å². The van der Waals surface area contributed by atoms with Gasteiger partial charge in [-0.3, -0.25) is 9.69 Å². The van der Waals surface area contributed by atoms with Crippen molar-refractivity contribution >= 4 is 0 Å². The summed E-state index contributed by atoms with van der Waals surface area (Å²) >= 11 is 0. The molecule has 162 valence electrons. The first-order valence-corrected chi connectivity index (χ1v) is 11.2. The Morgan fingerprint density at radius 2 is 2.00 bits per heavy atom. The van der Waals surface area contributed by atoms with Gasteiger partial charge in [0.15, 0.2) is 5.76 Å². The molecule has 7 nitrogen and oxygen atoms in total. The normalized spacial score (nSPS) is 16.3. The van der Waals surface area contributed by atoms with Crippen LogP contribution in [0.4, 0.5) is 0 Å². The number of nitrogens with zero attached hydrogens (tertiary/aromatic N) is 4. The lowest BCUT2D eigenvalue weighted by Crippen LogP contribution is -2.35. The molecule has 1 aliphatic carbocycles. The van der Waals surface area contributed by atoms with Crippen molar-refractivity contribution in [2.75, 3.05) is 6.54 Å². The van der Waals surface area contributed by atoms with Crippen LogP contribution in [0.15, 0.2) is 57.9 Å². The monoisotopic (exact) mass is 427 g/mol. The van der Waals surface area contributed by atoms with Gasteiger partial charge >= 0.3 is 0 Å². The van der Waals surface area contributed by atoms with Crippen LogP contribution < -0.4 is 5.56 Å². The summed E-state index contributed by atoms with van der Waals surface area (Å²) in [6.07, 6.45) is 5.13. The molecule has 6 rings (SSSR count). The molecule has 1 N–H and O–H groups in total. The first kappa shape index (κ1) is 19.3. The van der Waals surface area contributed by atoms with E-state index in [1.807, 2.05) is 54.1 Å². The number of H-pyrrole nitrogens is 1. The van der Waals surface area contributed by atoms with Gasteiger partial charge in [-0.1, -0.05) is 18.2 Å². The standard InChI is InChI=1S/C25H25N5O2/c1-16-7-10-22(32-16)23-18(14-30(28-23)19-5-3-2-4-6-19)13-29-12-11-21-20(15-29)25(31)27-24(26-21)17-8-9-17/h2-7,10,14,17H,8-9,11-13,15H2,1H3,(H,26,27,31). The van der Waals surface area contributed by atoms with Gasteiger partial charge in [-0.2, -0.15) is 5.10 Å². The van der Waals surface area contributed by atoms with Gasteiger partial charge < -0.3 is 9.40 Å². The van der Waals surface area contributed by atoms with Gasteiger partial charge in [-0.25, -0.2) is 9.67 Å². The Labute approximate surface area is 185 Å². The minimum absolute atomic E-state index is 0.0171. The van der Waals surface area contributed by atoms with E-state index in [-0.39, 0.29) is 5.56 Å². The third kappa shape index (κ3) is 3.58. The summed E-state index contributed by atoms with van der Waals surface area (Å²) in [4.78, 5) is 22.8. The molecule has 2 aliphatic rings. The van der Waals surface area contributed by atoms with E-state index < -0.39 is 0 Å². The number of hydrogen-bond donors (Lipinski definition) is 1. The van der Waals surface area contributed by atoms with Crippen molar-refractivity contribution in [3.05, 3.63) is 87.4 Å². The molecule has 32 heavy (non-hydrogen) atoms. The molecule has 0 amide bonds. The Morgan fingerprint density at radius 1 is 1.16 bits per heavy atom. The molecule has 0 spiro atoms. The molecule has 1 aromatic carbocycles. The van der Waals surface area contributed by atoms with Crippen molar-refractivity contribution in [1.29, 1.82) is 0 Å². The van der Waals surface area contributed by atoms with E-state index in [2.05, 4.69) is 16.1 Å². The summed E-state index contributed by atoms with van der Waals surface area (Å²) < 4.78 is 7.81. The van der Waals surface area contributed by atoms with Gasteiger partial charge in [-0.15, -0.1) is 0 Å². The number of nitrogens with one attached hydrogen (secondary N) is 1. The number of fused-ring (bicyclic) bond motifs is 1. The lowest BCUT2D eigenvalue weighted by Gasteiger charge is -2.27. The Bertz CT molecular complexity index is 1330. The van der Waals surface area contributed by atoms with Crippen LogP contribution in [0.3, 0.4) is 0 Å². The number of furan rings is 1. The van der Waals surface area contributed by atoms with Gasteiger partial charge in [0.25, 0.3) is 5.56 Å². The molecule has 4 heterocycles. The van der Waals surface area contributed by atoms with Crippen LogP contribution in [-0.4, -0.2) is 31.2 Å². The molecule has 1 fully saturated rings. The van der Waals surface area contributed by atoms with Crippen LogP contribution in [0, 0.1) is 6.92 Å². The maximum atomic E-state index is 12.7. The van der Waals surface area contributed by atoms with Crippen molar-refractivity contribution in [3.63, 3.8) is 0 Å². The molecular weight excluding hydrogens is 402 g/mol. The summed E-state index contributed by atoms with van der Waals surface area (Å²) in [5.74, 6) is 2.95. The number of rotatable bonds is 5. The number of aromatic nitrogens is 4. The SMILES string of the molecule is Cc1ccc(-c2nn(-c3ccccc3)cc2CN2CCc3nc(C4CC4)[nH]c(=O)c3C2)o1. The van der Waals surface area contributed by atoms with E-state index in [4.69, 9.17) is 14.5 Å². The molecule has 3 aromatic heterocycles. The fourth-order valence-electron chi connectivity index (χ4n) is 4.43. The van der Waals surface area contributed by atoms with Crippen molar-refractivity contribution in [2.45, 2.75) is 45.2 Å². The predicted octanol–water partition coefficient (Wildman–Crippen LogP) is 3.96. The molecular formula is C25H25N5O2. The van der Waals surface area contributed by atoms with Gasteiger partial charge in [0.1, 0.15) is 17.3 Å². The highest BCUT2D eigenvalue weighted by Gasteiger charge is 2.29. The molecule has 7 heteroatoms. The minimum atomic E-state index is 0.0171. The van der Waals surface area contributed by atoms with Crippen molar-refractivity contribution < 1.29 is 4.42 Å². The third-order valence-corrected chi connectivity index (χ3v) is 6.31. The Kier molecular flexibility index (Phi) is 4.57. The van der Waals surface area contributed by atoms with Crippen LogP contribution in [0.2, 0.25) is 0 Å². The van der Waals surface area contributed by atoms with Crippen molar-refractivity contribution in [3.8, 4) is 17.1 Å². The van der Waals surface area contributed by atoms with Crippen LogP contribution in [0.25, 0.3) is 17.1 Å². The minimum Gasteiger partial charge on any atom is -0.460 e. The second-order valence-electron chi connectivity index (χ2n) is 8.80. The molecule has 0 saturated heterocycles. The van der Waals surface area contributed by atoms with Gasteiger partial charge in [0.2, 0.25) is 0 Å². The number of benzene rings is 1. The fourth-order valence-corrected chi connectivity index (χ4v) is 4.43. The van der Waals surface area contributed by atoms with E-state index in [0.717, 1.165) is 71.4 Å². The molecule has 0 bridgehead atoms. The number of aromatic amines is 1. The maximum absolute atomic E-state index is 12.7. The van der Waals surface area contributed by atoms with E-state index in [0.29, 0.717) is 19.0 Å². The summed E-state index contributed by atoms with van der Waals surface area (Å²) in [7, 11) is 0. The summed E-state index contributed by atoms with van der Waals surface area (Å²) in [6.45, 7) is 4.08. The van der Waals surface area contributed by atoms with Crippen LogP contribution in [0.1, 0.15) is 47.2 Å². The largest absolute Gasteiger partial charge is 0.460 e. The zero-order valence-corrected chi connectivity index (χ0v) is 18.0. The second-order valence-corrected chi connectivity index (χ2v) is 8.80. The molecule has 1 aliphatic heterocycles. The van der Waals surface area contributed by atoms with Gasteiger partial charge in [-0.05, 0) is 44.0 Å². The Morgan fingerprint density at radius 3 is 2.75 bits per heavy atom. The molecule has 0 radical (unpaired) electrons. The first-order valence-electron chi connectivity index (χ1n) is 11.2. The topological polar surface area (TPSA) is 80.0 Å². The summed E-state index contributed by atoms with van der Waals surface area (Å²) in [5, 5.41) is 4.85. The average Bonchev–Trinajstić information content (AvgIpc) is 3.45. The van der Waals surface area contributed by atoms with E-state index >= 15 is 0 Å². The third-order valence-electron chi connectivity index (χ3n) is 6.31. The van der Waals surface area contributed by atoms with E-state index in [1.54, 1.807) is 0 Å². The highest BCUT2D eigenvalue weighted by molar-refractivity contribution is 5.58. The average molecular weight is 428 g/mol. The van der Waals surface area contributed by atoms with Crippen LogP contribution >= 0.6 is 0 Å². The quantitative estimate of drug-likeness (QED) is 0.522. The summed E-state index contributed by atoms with van der Waals surface area (Å²) in [6, 6.07) is 14.0.